The number of aliphatic carboxylic acids is 1. The number of nitrogens with one attached hydrogen (secondary N) is 1. The molecule has 1 amide bonds. The van der Waals surface area contributed by atoms with Gasteiger partial charge in [-0.25, -0.2) is 0 Å². The van der Waals surface area contributed by atoms with Crippen molar-refractivity contribution >= 4 is 11.9 Å². The van der Waals surface area contributed by atoms with Crippen molar-refractivity contribution in [2.75, 3.05) is 13.1 Å². The highest BCUT2D eigenvalue weighted by atomic mass is 16.4. The number of nitrogens with zero attached hydrogens (tertiary/aromatic N) is 1. The van der Waals surface area contributed by atoms with Gasteiger partial charge in [-0.3, -0.25) is 9.59 Å². The monoisotopic (exact) mass is 290 g/mol. The lowest BCUT2D eigenvalue weighted by Crippen LogP contribution is -2.50. The predicted molar refractivity (Wildman–Crippen MR) is 79.8 cm³/mol. The summed E-state index contributed by atoms with van der Waals surface area (Å²) >= 11 is 0. The maximum absolute atomic E-state index is 12.6. The smallest absolute Gasteiger partial charge is 0.308 e. The second-order valence-corrected chi connectivity index (χ2v) is 5.52. The van der Waals surface area contributed by atoms with E-state index in [2.05, 4.69) is 11.4 Å². The van der Waals surface area contributed by atoms with Gasteiger partial charge in [-0.15, -0.1) is 0 Å². The van der Waals surface area contributed by atoms with Crippen molar-refractivity contribution in [3.63, 3.8) is 0 Å². The highest BCUT2D eigenvalue weighted by Gasteiger charge is 2.28. The summed E-state index contributed by atoms with van der Waals surface area (Å²) in [6.07, 6.45) is 0.660. The van der Waals surface area contributed by atoms with Crippen LogP contribution in [0.4, 0.5) is 0 Å². The van der Waals surface area contributed by atoms with E-state index in [0.29, 0.717) is 19.5 Å². The molecular formula is C16H22N2O3. The van der Waals surface area contributed by atoms with Crippen LogP contribution in [0.2, 0.25) is 0 Å². The highest BCUT2D eigenvalue weighted by Crippen LogP contribution is 2.17. The van der Waals surface area contributed by atoms with Crippen molar-refractivity contribution in [2.24, 2.45) is 5.92 Å². The zero-order valence-corrected chi connectivity index (χ0v) is 12.5. The summed E-state index contributed by atoms with van der Waals surface area (Å²) in [6, 6.07) is 7.83. The molecule has 0 radical (unpaired) electrons. The summed E-state index contributed by atoms with van der Waals surface area (Å²) in [5.41, 5.74) is 2.42. The number of benzene rings is 1. The zero-order chi connectivity index (χ0) is 15.4. The van der Waals surface area contributed by atoms with Gasteiger partial charge in [0.05, 0.1) is 12.0 Å². The van der Waals surface area contributed by atoms with Gasteiger partial charge in [-0.1, -0.05) is 31.2 Å². The number of hydrogen-bond acceptors (Lipinski definition) is 3. The van der Waals surface area contributed by atoms with Crippen molar-refractivity contribution < 1.29 is 14.7 Å². The maximum atomic E-state index is 12.6. The van der Waals surface area contributed by atoms with Crippen LogP contribution in [-0.2, 0) is 22.6 Å². The standard InChI is InChI=1S/C16H22N2O3/c1-3-18(10-11(2)16(20)21)15(19)14-8-12-6-4-5-7-13(12)9-17-14/h4-7,11,14,17H,3,8-10H2,1-2H3,(H,20,21)/t11?,14-/m0/s1. The first-order valence-corrected chi connectivity index (χ1v) is 7.34. The number of carboxylic acid groups (broad SMARTS) is 1. The van der Waals surface area contributed by atoms with Crippen LogP contribution in [0.5, 0.6) is 0 Å². The minimum absolute atomic E-state index is 0.0138. The van der Waals surface area contributed by atoms with Crippen LogP contribution in [0.1, 0.15) is 25.0 Å². The molecule has 2 rings (SSSR count). The Bertz CT molecular complexity index is 530. The van der Waals surface area contributed by atoms with E-state index in [9.17, 15) is 9.59 Å². The summed E-state index contributed by atoms with van der Waals surface area (Å²) in [5, 5.41) is 12.2. The Morgan fingerprint density at radius 1 is 1.38 bits per heavy atom. The molecule has 1 aliphatic heterocycles. The zero-order valence-electron chi connectivity index (χ0n) is 12.5. The molecule has 1 aromatic carbocycles. The van der Waals surface area contributed by atoms with Crippen molar-refractivity contribution in [3.8, 4) is 0 Å². The number of likely N-dealkylation sites (N-methyl/N-ethyl adjacent to an activating group) is 1. The van der Waals surface area contributed by atoms with E-state index in [0.717, 1.165) is 0 Å². The third-order valence-electron chi connectivity index (χ3n) is 3.99. The second kappa shape index (κ2) is 6.72. The quantitative estimate of drug-likeness (QED) is 0.857. The molecule has 1 heterocycles. The van der Waals surface area contributed by atoms with Crippen molar-refractivity contribution in [1.82, 2.24) is 10.2 Å². The highest BCUT2D eigenvalue weighted by molar-refractivity contribution is 5.83. The molecule has 0 aliphatic carbocycles. The maximum Gasteiger partial charge on any atom is 0.308 e. The number of fused-ring (bicyclic) bond motifs is 1. The Morgan fingerprint density at radius 3 is 2.67 bits per heavy atom. The molecule has 2 atom stereocenters. The van der Waals surface area contributed by atoms with E-state index >= 15 is 0 Å². The number of hydrogen-bond donors (Lipinski definition) is 2. The molecule has 21 heavy (non-hydrogen) atoms. The summed E-state index contributed by atoms with van der Waals surface area (Å²) in [5.74, 6) is -1.44. The lowest BCUT2D eigenvalue weighted by molar-refractivity contribution is -0.143. The average molecular weight is 290 g/mol. The average Bonchev–Trinajstić information content (AvgIpc) is 2.51. The Morgan fingerprint density at radius 2 is 2.05 bits per heavy atom. The van der Waals surface area contributed by atoms with Crippen LogP contribution in [0.3, 0.4) is 0 Å². The molecule has 0 aromatic heterocycles. The molecule has 0 spiro atoms. The molecular weight excluding hydrogens is 268 g/mol. The third-order valence-corrected chi connectivity index (χ3v) is 3.99. The molecule has 2 N–H and O–H groups in total. The molecule has 0 saturated heterocycles. The molecule has 1 aliphatic rings. The van der Waals surface area contributed by atoms with Gasteiger partial charge in [0.15, 0.2) is 0 Å². The lowest BCUT2D eigenvalue weighted by Gasteiger charge is -2.31. The fraction of sp³-hybridized carbons (Fsp3) is 0.500. The topological polar surface area (TPSA) is 69.6 Å². The molecule has 5 nitrogen and oxygen atoms in total. The van der Waals surface area contributed by atoms with Crippen LogP contribution < -0.4 is 5.32 Å². The van der Waals surface area contributed by atoms with Crippen molar-refractivity contribution in [2.45, 2.75) is 32.9 Å². The van der Waals surface area contributed by atoms with Crippen molar-refractivity contribution in [3.05, 3.63) is 35.4 Å². The predicted octanol–water partition coefficient (Wildman–Crippen LogP) is 1.27. The molecule has 114 valence electrons. The van der Waals surface area contributed by atoms with E-state index < -0.39 is 11.9 Å². The van der Waals surface area contributed by atoms with Gasteiger partial charge in [0.1, 0.15) is 0 Å². The number of carbonyl (C=O) groups excluding carboxylic acids is 1. The van der Waals surface area contributed by atoms with Gasteiger partial charge >= 0.3 is 5.97 Å². The van der Waals surface area contributed by atoms with Gasteiger partial charge in [-0.2, -0.15) is 0 Å². The first kappa shape index (κ1) is 15.5. The number of carbonyl (C=O) groups is 2. The van der Waals surface area contributed by atoms with E-state index in [4.69, 9.17) is 5.11 Å². The van der Waals surface area contributed by atoms with Gasteiger partial charge in [0.25, 0.3) is 0 Å². The van der Waals surface area contributed by atoms with Gasteiger partial charge in [-0.05, 0) is 24.5 Å². The second-order valence-electron chi connectivity index (χ2n) is 5.52. The lowest BCUT2D eigenvalue weighted by atomic mass is 9.95. The Labute approximate surface area is 125 Å². The van der Waals surface area contributed by atoms with Crippen LogP contribution in [0.15, 0.2) is 24.3 Å². The van der Waals surface area contributed by atoms with E-state index in [1.165, 1.54) is 11.1 Å². The molecule has 0 fully saturated rings. The Balaban J connectivity index is 2.04. The summed E-state index contributed by atoms with van der Waals surface area (Å²) < 4.78 is 0. The van der Waals surface area contributed by atoms with E-state index in [1.54, 1.807) is 11.8 Å². The summed E-state index contributed by atoms with van der Waals surface area (Å²) in [7, 11) is 0. The first-order chi connectivity index (χ1) is 10.0. The van der Waals surface area contributed by atoms with Gasteiger partial charge in [0, 0.05) is 19.6 Å². The summed E-state index contributed by atoms with van der Waals surface area (Å²) in [4.78, 5) is 25.2. The number of carboxylic acids is 1. The minimum Gasteiger partial charge on any atom is -0.481 e. The molecule has 1 unspecified atom stereocenters. The number of rotatable bonds is 5. The Kier molecular flexibility index (Phi) is 4.96. The molecule has 1 aromatic rings. The van der Waals surface area contributed by atoms with Gasteiger partial charge in [0.2, 0.25) is 5.91 Å². The van der Waals surface area contributed by atoms with Crippen molar-refractivity contribution in [1.29, 1.82) is 0 Å². The Hall–Kier alpha value is -1.88. The van der Waals surface area contributed by atoms with Crippen LogP contribution in [-0.4, -0.2) is 41.0 Å². The van der Waals surface area contributed by atoms with E-state index in [-0.39, 0.29) is 18.5 Å². The summed E-state index contributed by atoms with van der Waals surface area (Å²) in [6.45, 7) is 4.96. The van der Waals surface area contributed by atoms with Gasteiger partial charge < -0.3 is 15.3 Å². The van der Waals surface area contributed by atoms with Crippen LogP contribution >= 0.6 is 0 Å². The molecule has 5 heteroatoms. The largest absolute Gasteiger partial charge is 0.481 e. The van der Waals surface area contributed by atoms with E-state index in [1.807, 2.05) is 25.1 Å². The van der Waals surface area contributed by atoms with Crippen LogP contribution in [0.25, 0.3) is 0 Å². The molecule has 0 bridgehead atoms. The molecule has 0 saturated carbocycles. The third kappa shape index (κ3) is 3.61. The van der Waals surface area contributed by atoms with Crippen LogP contribution in [0, 0.1) is 5.92 Å². The number of amides is 1. The normalized spacial score (nSPS) is 18.7. The minimum atomic E-state index is -0.872. The first-order valence-electron chi connectivity index (χ1n) is 7.34. The SMILES string of the molecule is CCN(CC(C)C(=O)O)C(=O)[C@@H]1Cc2ccccc2CN1. The fourth-order valence-corrected chi connectivity index (χ4v) is 2.63. The fourth-order valence-electron chi connectivity index (χ4n) is 2.63.